The lowest BCUT2D eigenvalue weighted by molar-refractivity contribution is 0.393. The van der Waals surface area contributed by atoms with Crippen molar-refractivity contribution >= 4 is 10.1 Å². The van der Waals surface area contributed by atoms with Crippen LogP contribution in [0.25, 0.3) is 0 Å². The molecule has 0 aromatic heterocycles. The maximum atomic E-state index is 12.8. The Morgan fingerprint density at radius 3 is 2.42 bits per heavy atom. The third kappa shape index (κ3) is 1.62. The summed E-state index contributed by atoms with van der Waals surface area (Å²) in [6, 6.07) is 5.04. The Kier molecular flexibility index (Phi) is 2.44. The highest BCUT2D eigenvalue weighted by Gasteiger charge is 2.16. The van der Waals surface area contributed by atoms with E-state index in [0.29, 0.717) is 0 Å². The summed E-state index contributed by atoms with van der Waals surface area (Å²) >= 11 is 0. The van der Waals surface area contributed by atoms with Gasteiger partial charge in [-0.2, -0.15) is 8.42 Å². The highest BCUT2D eigenvalue weighted by atomic mass is 32.2. The molecule has 1 aromatic carbocycles. The largest absolute Gasteiger partial charge is 0.299 e. The lowest BCUT2D eigenvalue weighted by Gasteiger charge is -2.00. The van der Waals surface area contributed by atoms with Crippen LogP contribution in [0.4, 0.5) is 4.39 Å². The van der Waals surface area contributed by atoms with E-state index < -0.39 is 20.8 Å². The van der Waals surface area contributed by atoms with Gasteiger partial charge in [-0.05, 0) is 12.1 Å². The molecule has 1 aromatic rings. The second-order valence-corrected chi connectivity index (χ2v) is 3.73. The van der Waals surface area contributed by atoms with Gasteiger partial charge in [0.1, 0.15) is 10.7 Å². The fraction of sp³-hybridized carbons (Fsp3) is 0.143. The third-order valence-electron chi connectivity index (χ3n) is 1.33. The molecule has 0 N–H and O–H groups in total. The summed E-state index contributed by atoms with van der Waals surface area (Å²) in [7, 11) is -2.92. The van der Waals surface area contributed by atoms with Gasteiger partial charge in [-0.15, -0.1) is 0 Å². The molecule has 0 spiro atoms. The van der Waals surface area contributed by atoms with E-state index in [9.17, 15) is 12.8 Å². The van der Waals surface area contributed by atoms with E-state index in [2.05, 4.69) is 4.18 Å². The Labute approximate surface area is 69.9 Å². The van der Waals surface area contributed by atoms with Gasteiger partial charge in [0, 0.05) is 0 Å². The van der Waals surface area contributed by atoms with E-state index in [-0.39, 0.29) is 0 Å². The molecule has 66 valence electrons. The van der Waals surface area contributed by atoms with Crippen LogP contribution >= 0.6 is 0 Å². The van der Waals surface area contributed by atoms with E-state index in [1.807, 2.05) is 0 Å². The SMILES string of the molecule is COS(=O)(=O)c1ccccc1F. The topological polar surface area (TPSA) is 43.4 Å². The number of halogens is 1. The van der Waals surface area contributed by atoms with Gasteiger partial charge in [-0.25, -0.2) is 4.39 Å². The summed E-state index contributed by atoms with van der Waals surface area (Å²) in [5.74, 6) is -0.806. The second-order valence-electron chi connectivity index (χ2n) is 2.05. The van der Waals surface area contributed by atoms with E-state index in [1.165, 1.54) is 12.1 Å². The van der Waals surface area contributed by atoms with Crippen LogP contribution in [0.5, 0.6) is 0 Å². The zero-order valence-corrected chi connectivity index (χ0v) is 7.14. The summed E-state index contributed by atoms with van der Waals surface area (Å²) < 4.78 is 38.9. The molecule has 0 radical (unpaired) electrons. The minimum atomic E-state index is -3.90. The van der Waals surface area contributed by atoms with E-state index >= 15 is 0 Å². The van der Waals surface area contributed by atoms with Gasteiger partial charge in [0.25, 0.3) is 10.1 Å². The molecule has 0 atom stereocenters. The summed E-state index contributed by atoms with van der Waals surface area (Å²) in [5, 5.41) is 0. The minimum absolute atomic E-state index is 0.437. The molecule has 0 aliphatic heterocycles. The lowest BCUT2D eigenvalue weighted by Crippen LogP contribution is -2.04. The van der Waals surface area contributed by atoms with Crippen LogP contribution in [0.15, 0.2) is 29.2 Å². The van der Waals surface area contributed by atoms with Gasteiger partial charge in [-0.1, -0.05) is 12.1 Å². The Morgan fingerprint density at radius 2 is 1.92 bits per heavy atom. The molecule has 0 bridgehead atoms. The summed E-state index contributed by atoms with van der Waals surface area (Å²) in [5.41, 5.74) is 0. The van der Waals surface area contributed by atoms with E-state index in [0.717, 1.165) is 19.2 Å². The zero-order valence-electron chi connectivity index (χ0n) is 6.32. The van der Waals surface area contributed by atoms with Gasteiger partial charge < -0.3 is 0 Å². The second kappa shape index (κ2) is 3.20. The van der Waals surface area contributed by atoms with Gasteiger partial charge in [0.2, 0.25) is 0 Å². The first-order chi connectivity index (χ1) is 5.58. The molecule has 5 heteroatoms. The highest BCUT2D eigenvalue weighted by molar-refractivity contribution is 7.86. The van der Waals surface area contributed by atoms with Crippen molar-refractivity contribution in [1.82, 2.24) is 0 Å². The van der Waals surface area contributed by atoms with Crippen LogP contribution in [0.3, 0.4) is 0 Å². The van der Waals surface area contributed by atoms with Crippen molar-refractivity contribution in [2.45, 2.75) is 4.90 Å². The molecule has 0 saturated carbocycles. The molecule has 12 heavy (non-hydrogen) atoms. The van der Waals surface area contributed by atoms with Gasteiger partial charge in [-0.3, -0.25) is 4.18 Å². The minimum Gasteiger partial charge on any atom is -0.270 e. The third-order valence-corrected chi connectivity index (χ3v) is 2.63. The fourth-order valence-electron chi connectivity index (χ4n) is 0.737. The molecule has 0 saturated heterocycles. The number of hydrogen-bond donors (Lipinski definition) is 0. The molecule has 0 unspecified atom stereocenters. The Morgan fingerprint density at radius 1 is 1.33 bits per heavy atom. The van der Waals surface area contributed by atoms with Gasteiger partial charge in [0.15, 0.2) is 0 Å². The Hall–Kier alpha value is -0.940. The monoisotopic (exact) mass is 190 g/mol. The predicted octanol–water partition coefficient (Wildman–Crippen LogP) is 1.16. The van der Waals surface area contributed by atoms with Crippen LogP contribution in [0, 0.1) is 5.82 Å². The van der Waals surface area contributed by atoms with Crippen molar-refractivity contribution in [2.24, 2.45) is 0 Å². The van der Waals surface area contributed by atoms with Crippen LogP contribution in [-0.4, -0.2) is 15.5 Å². The number of benzene rings is 1. The maximum absolute atomic E-state index is 12.8. The summed E-state index contributed by atoms with van der Waals surface area (Å²) in [6.07, 6.45) is 0. The van der Waals surface area contributed by atoms with E-state index in [4.69, 9.17) is 0 Å². The molecule has 3 nitrogen and oxygen atoms in total. The maximum Gasteiger partial charge on any atom is 0.299 e. The van der Waals surface area contributed by atoms with Gasteiger partial charge in [0.05, 0.1) is 7.11 Å². The van der Waals surface area contributed by atoms with Crippen LogP contribution in [0.1, 0.15) is 0 Å². The van der Waals surface area contributed by atoms with Crippen LogP contribution < -0.4 is 0 Å². The zero-order chi connectivity index (χ0) is 9.19. The van der Waals surface area contributed by atoms with Crippen molar-refractivity contribution in [1.29, 1.82) is 0 Å². The van der Waals surface area contributed by atoms with Crippen molar-refractivity contribution in [3.05, 3.63) is 30.1 Å². The molecule has 0 heterocycles. The Balaban J connectivity index is 3.30. The molecular formula is C7H7FO3S. The first-order valence-electron chi connectivity index (χ1n) is 3.13. The molecule has 1 rings (SSSR count). The van der Waals surface area contributed by atoms with Crippen molar-refractivity contribution in [2.75, 3.05) is 7.11 Å². The van der Waals surface area contributed by atoms with Gasteiger partial charge >= 0.3 is 0 Å². The average Bonchev–Trinajstić information content (AvgIpc) is 2.05. The molecule has 0 fully saturated rings. The van der Waals surface area contributed by atoms with E-state index in [1.54, 1.807) is 0 Å². The standard InChI is InChI=1S/C7H7FO3S/c1-11-12(9,10)7-5-3-2-4-6(7)8/h2-5H,1H3. The molecule has 0 aliphatic carbocycles. The molecule has 0 amide bonds. The fourth-order valence-corrected chi connectivity index (χ4v) is 1.47. The predicted molar refractivity (Wildman–Crippen MR) is 40.6 cm³/mol. The van der Waals surface area contributed by atoms with Crippen molar-refractivity contribution < 1.29 is 17.0 Å². The number of hydrogen-bond acceptors (Lipinski definition) is 3. The summed E-state index contributed by atoms with van der Waals surface area (Å²) in [4.78, 5) is -0.437. The first kappa shape index (κ1) is 9.15. The van der Waals surface area contributed by atoms with Crippen molar-refractivity contribution in [3.8, 4) is 0 Å². The van der Waals surface area contributed by atoms with Crippen LogP contribution in [0.2, 0.25) is 0 Å². The average molecular weight is 190 g/mol. The first-order valence-corrected chi connectivity index (χ1v) is 4.54. The normalized spacial score (nSPS) is 11.5. The lowest BCUT2D eigenvalue weighted by atomic mass is 10.4. The molecule has 0 aliphatic rings. The smallest absolute Gasteiger partial charge is 0.270 e. The van der Waals surface area contributed by atoms with Crippen molar-refractivity contribution in [3.63, 3.8) is 0 Å². The quantitative estimate of drug-likeness (QED) is 0.657. The summed E-state index contributed by atoms with van der Waals surface area (Å²) in [6.45, 7) is 0. The highest BCUT2D eigenvalue weighted by Crippen LogP contribution is 2.14. The Bertz CT molecular complexity index is 372. The number of rotatable bonds is 2. The van der Waals surface area contributed by atoms with Crippen LogP contribution in [-0.2, 0) is 14.3 Å². The molecular weight excluding hydrogens is 183 g/mol.